The zero-order valence-electron chi connectivity index (χ0n) is 12.8. The van der Waals surface area contributed by atoms with E-state index in [1.54, 1.807) is 33.1 Å². The Hall–Kier alpha value is -1.75. The van der Waals surface area contributed by atoms with E-state index >= 15 is 0 Å². The molecule has 0 heterocycles. The third-order valence-corrected chi connectivity index (χ3v) is 4.48. The molecule has 2 rings (SSSR count). The number of hydrogen-bond acceptors (Lipinski definition) is 4. The molecule has 5 heteroatoms. The molecule has 0 aliphatic rings. The third-order valence-electron chi connectivity index (χ3n) is 3.28. The predicted octanol–water partition coefficient (Wildman–Crippen LogP) is 2.26. The average molecular weight is 302 g/mol. The standard InChI is InChI=1S/C16H19BO3S/c1-18-11-8-14(19-2)12(15(9-11)20-3)10-21-16-7-5-4-6-13(16)17/h4-9H,10,17H2,1-3H3. The molecule has 0 N–H and O–H groups in total. The monoisotopic (exact) mass is 302 g/mol. The summed E-state index contributed by atoms with van der Waals surface area (Å²) in [4.78, 5) is 1.26. The van der Waals surface area contributed by atoms with Crippen molar-refractivity contribution in [2.45, 2.75) is 10.6 Å². The fourth-order valence-corrected chi connectivity index (χ4v) is 3.14. The predicted molar refractivity (Wildman–Crippen MR) is 90.3 cm³/mol. The summed E-state index contributed by atoms with van der Waals surface area (Å²) in [6.45, 7) is 0. The first-order chi connectivity index (χ1) is 10.2. The molecule has 0 bridgehead atoms. The molecule has 0 amide bonds. The number of ether oxygens (including phenoxy) is 3. The molecule has 2 aromatic rings. The van der Waals surface area contributed by atoms with E-state index in [9.17, 15) is 0 Å². The highest BCUT2D eigenvalue weighted by atomic mass is 32.2. The third kappa shape index (κ3) is 3.67. The molecule has 2 aromatic carbocycles. The van der Waals surface area contributed by atoms with E-state index in [1.807, 2.05) is 18.2 Å². The van der Waals surface area contributed by atoms with Crippen molar-refractivity contribution in [2.75, 3.05) is 21.3 Å². The van der Waals surface area contributed by atoms with Gasteiger partial charge in [-0.1, -0.05) is 23.7 Å². The van der Waals surface area contributed by atoms with E-state index in [4.69, 9.17) is 14.2 Å². The number of thioether (sulfide) groups is 1. The van der Waals surface area contributed by atoms with Crippen LogP contribution in [0, 0.1) is 0 Å². The molecular weight excluding hydrogens is 283 g/mol. The van der Waals surface area contributed by atoms with Crippen LogP contribution < -0.4 is 19.7 Å². The number of benzene rings is 2. The second kappa shape index (κ2) is 7.32. The van der Waals surface area contributed by atoms with Crippen LogP contribution in [-0.4, -0.2) is 29.2 Å². The first kappa shape index (κ1) is 15.6. The minimum atomic E-state index is 0.730. The molecule has 0 unspecified atom stereocenters. The van der Waals surface area contributed by atoms with E-state index in [0.717, 1.165) is 28.6 Å². The Morgan fingerprint density at radius 3 is 2.10 bits per heavy atom. The van der Waals surface area contributed by atoms with Gasteiger partial charge in [0, 0.05) is 28.3 Å². The molecule has 0 radical (unpaired) electrons. The van der Waals surface area contributed by atoms with Crippen molar-refractivity contribution in [3.8, 4) is 17.2 Å². The van der Waals surface area contributed by atoms with Gasteiger partial charge in [0.05, 0.1) is 21.3 Å². The molecule has 0 atom stereocenters. The molecule has 0 fully saturated rings. The Bertz CT molecular complexity index is 591. The first-order valence-electron chi connectivity index (χ1n) is 6.67. The first-order valence-corrected chi connectivity index (χ1v) is 7.65. The molecule has 0 aromatic heterocycles. The molecular formula is C16H19BO3S. The van der Waals surface area contributed by atoms with E-state index < -0.39 is 0 Å². The summed E-state index contributed by atoms with van der Waals surface area (Å²) in [5.41, 5.74) is 2.31. The molecule has 0 saturated heterocycles. The van der Waals surface area contributed by atoms with Gasteiger partial charge in [-0.05, 0) is 6.07 Å². The van der Waals surface area contributed by atoms with Gasteiger partial charge >= 0.3 is 0 Å². The van der Waals surface area contributed by atoms with E-state index in [1.165, 1.54) is 10.4 Å². The van der Waals surface area contributed by atoms with E-state index in [2.05, 4.69) is 26.0 Å². The van der Waals surface area contributed by atoms with Gasteiger partial charge in [-0.3, -0.25) is 0 Å². The fourth-order valence-electron chi connectivity index (χ4n) is 2.09. The van der Waals surface area contributed by atoms with Gasteiger partial charge < -0.3 is 14.2 Å². The zero-order valence-corrected chi connectivity index (χ0v) is 13.6. The summed E-state index contributed by atoms with van der Waals surface area (Å²) in [5, 5.41) is 0. The average Bonchev–Trinajstić information content (AvgIpc) is 2.53. The highest BCUT2D eigenvalue weighted by Crippen LogP contribution is 2.37. The van der Waals surface area contributed by atoms with Crippen molar-refractivity contribution < 1.29 is 14.2 Å². The van der Waals surface area contributed by atoms with Crippen LogP contribution in [0.2, 0.25) is 0 Å². The van der Waals surface area contributed by atoms with E-state index in [0.29, 0.717) is 0 Å². The Kier molecular flexibility index (Phi) is 5.45. The maximum Gasteiger partial charge on any atom is 0.140 e. The van der Waals surface area contributed by atoms with Crippen LogP contribution in [0.15, 0.2) is 41.3 Å². The minimum Gasteiger partial charge on any atom is -0.496 e. The van der Waals surface area contributed by atoms with Crippen molar-refractivity contribution in [3.05, 3.63) is 42.0 Å². The second-order valence-electron chi connectivity index (χ2n) is 4.56. The summed E-state index contributed by atoms with van der Waals surface area (Å²) in [5.74, 6) is 3.08. The molecule has 0 saturated carbocycles. The van der Waals surface area contributed by atoms with Gasteiger partial charge in [-0.25, -0.2) is 0 Å². The summed E-state index contributed by atoms with van der Waals surface area (Å²) >= 11 is 1.77. The highest BCUT2D eigenvalue weighted by Gasteiger charge is 2.13. The summed E-state index contributed by atoms with van der Waals surface area (Å²) in [7, 11) is 7.08. The second-order valence-corrected chi connectivity index (χ2v) is 5.58. The van der Waals surface area contributed by atoms with Crippen molar-refractivity contribution in [3.63, 3.8) is 0 Å². The Labute approximate surface area is 131 Å². The van der Waals surface area contributed by atoms with Crippen molar-refractivity contribution in [1.29, 1.82) is 0 Å². The van der Waals surface area contributed by atoms with Crippen molar-refractivity contribution in [2.24, 2.45) is 0 Å². The highest BCUT2D eigenvalue weighted by molar-refractivity contribution is 7.98. The maximum atomic E-state index is 5.48. The van der Waals surface area contributed by atoms with Crippen LogP contribution >= 0.6 is 11.8 Å². The Morgan fingerprint density at radius 1 is 0.952 bits per heavy atom. The van der Waals surface area contributed by atoms with Crippen LogP contribution in [0.5, 0.6) is 17.2 Å². The lowest BCUT2D eigenvalue weighted by molar-refractivity contribution is 0.371. The normalized spacial score (nSPS) is 10.2. The van der Waals surface area contributed by atoms with Gasteiger partial charge in [0.2, 0.25) is 0 Å². The lowest BCUT2D eigenvalue weighted by atomic mass is 9.97. The summed E-state index contributed by atoms with van der Waals surface area (Å²) in [6.07, 6.45) is 0. The molecule has 0 aliphatic heterocycles. The van der Waals surface area contributed by atoms with Crippen LogP contribution in [0.25, 0.3) is 0 Å². The quantitative estimate of drug-likeness (QED) is 0.604. The van der Waals surface area contributed by atoms with Crippen molar-refractivity contribution in [1.82, 2.24) is 0 Å². The van der Waals surface area contributed by atoms with Gasteiger partial charge in [0.25, 0.3) is 0 Å². The van der Waals surface area contributed by atoms with Crippen LogP contribution in [-0.2, 0) is 5.75 Å². The molecule has 0 aliphatic carbocycles. The van der Waals surface area contributed by atoms with Gasteiger partial charge in [0.15, 0.2) is 0 Å². The SMILES string of the molecule is Bc1ccccc1SCc1c(OC)cc(OC)cc1OC. The zero-order chi connectivity index (χ0) is 15.2. The Morgan fingerprint density at radius 2 is 1.57 bits per heavy atom. The van der Waals surface area contributed by atoms with Gasteiger partial charge in [0.1, 0.15) is 25.1 Å². The molecule has 3 nitrogen and oxygen atoms in total. The number of hydrogen-bond donors (Lipinski definition) is 0. The number of methoxy groups -OCH3 is 3. The van der Waals surface area contributed by atoms with E-state index in [-0.39, 0.29) is 0 Å². The number of rotatable bonds is 6. The van der Waals surface area contributed by atoms with Gasteiger partial charge in [-0.2, -0.15) is 0 Å². The summed E-state index contributed by atoms with van der Waals surface area (Å²) in [6, 6.07) is 12.1. The lowest BCUT2D eigenvalue weighted by Crippen LogP contribution is -2.05. The van der Waals surface area contributed by atoms with Gasteiger partial charge in [-0.15, -0.1) is 11.8 Å². The van der Waals surface area contributed by atoms with Crippen LogP contribution in [0.1, 0.15) is 5.56 Å². The maximum absolute atomic E-state index is 5.48. The molecule has 0 spiro atoms. The summed E-state index contributed by atoms with van der Waals surface area (Å²) < 4.78 is 16.2. The molecule has 21 heavy (non-hydrogen) atoms. The minimum absolute atomic E-state index is 0.730. The fraction of sp³-hybridized carbons (Fsp3) is 0.250. The Balaban J connectivity index is 2.28. The van der Waals surface area contributed by atoms with Crippen LogP contribution in [0.3, 0.4) is 0 Å². The smallest absolute Gasteiger partial charge is 0.140 e. The topological polar surface area (TPSA) is 27.7 Å². The van der Waals surface area contributed by atoms with Crippen molar-refractivity contribution >= 4 is 25.1 Å². The lowest BCUT2D eigenvalue weighted by Gasteiger charge is -2.15. The molecule has 110 valence electrons. The van der Waals surface area contributed by atoms with Crippen LogP contribution in [0.4, 0.5) is 0 Å². The largest absolute Gasteiger partial charge is 0.496 e.